The Balaban J connectivity index is 0.000000396. The fourth-order valence-corrected chi connectivity index (χ4v) is 3.41. The Morgan fingerprint density at radius 3 is 2.77 bits per heavy atom. The van der Waals surface area contributed by atoms with Crippen molar-refractivity contribution >= 4 is 5.97 Å². The molecule has 2 aliphatic rings. The van der Waals surface area contributed by atoms with Gasteiger partial charge in [0.25, 0.3) is 5.09 Å². The Bertz CT molecular complexity index is 526. The summed E-state index contributed by atoms with van der Waals surface area (Å²) in [4.78, 5) is 23.6. The molecule has 22 heavy (non-hydrogen) atoms. The molecule has 9 nitrogen and oxygen atoms in total. The third kappa shape index (κ3) is 3.73. The molecule has 0 bridgehead atoms. The molecule has 1 saturated carbocycles. The first-order valence-corrected chi connectivity index (χ1v) is 7.20. The molecule has 0 aromatic carbocycles. The predicted octanol–water partition coefficient (Wildman–Crippen LogP) is 1.75. The molecule has 1 aromatic heterocycles. The maximum atomic E-state index is 11.2. The number of carboxylic acids is 1. The lowest BCUT2D eigenvalue weighted by Crippen LogP contribution is -2.40. The molecule has 3 atom stereocenters. The highest BCUT2D eigenvalue weighted by atomic mass is 16.9. The van der Waals surface area contributed by atoms with Crippen molar-refractivity contribution in [2.45, 2.75) is 44.2 Å². The smallest absolute Gasteiger partial charge is 0.354 e. The molecule has 3 rings (SSSR count). The minimum absolute atomic E-state index is 0.234. The van der Waals surface area contributed by atoms with E-state index in [1.54, 1.807) is 6.33 Å². The molecule has 122 valence electrons. The van der Waals surface area contributed by atoms with Gasteiger partial charge in [-0.25, -0.2) is 9.78 Å². The van der Waals surface area contributed by atoms with Gasteiger partial charge in [-0.2, -0.15) is 0 Å². The van der Waals surface area contributed by atoms with Crippen molar-refractivity contribution in [1.82, 2.24) is 9.55 Å². The number of ether oxygens (including phenoxy) is 1. The van der Waals surface area contributed by atoms with Crippen LogP contribution >= 0.6 is 0 Å². The lowest BCUT2D eigenvalue weighted by atomic mass is 9.78. The van der Waals surface area contributed by atoms with E-state index in [2.05, 4.69) is 4.98 Å². The lowest BCUT2D eigenvalue weighted by molar-refractivity contribution is -0.742. The van der Waals surface area contributed by atoms with Crippen LogP contribution in [0, 0.1) is 16.0 Å². The zero-order chi connectivity index (χ0) is 16.1. The fraction of sp³-hybridized carbons (Fsp3) is 0.692. The van der Waals surface area contributed by atoms with Crippen molar-refractivity contribution in [1.29, 1.82) is 0 Å². The zero-order valence-electron chi connectivity index (χ0n) is 12.0. The van der Waals surface area contributed by atoms with Crippen molar-refractivity contribution in [2.24, 2.45) is 5.92 Å². The van der Waals surface area contributed by atoms with Gasteiger partial charge in [0.05, 0.1) is 18.6 Å². The molecule has 0 amide bonds. The van der Waals surface area contributed by atoms with E-state index in [9.17, 15) is 9.90 Å². The summed E-state index contributed by atoms with van der Waals surface area (Å²) in [6, 6.07) is 0.234. The predicted molar refractivity (Wildman–Crippen MR) is 73.3 cm³/mol. The Morgan fingerprint density at radius 2 is 2.09 bits per heavy atom. The van der Waals surface area contributed by atoms with Crippen molar-refractivity contribution < 1.29 is 24.9 Å². The van der Waals surface area contributed by atoms with Crippen LogP contribution in [0.25, 0.3) is 0 Å². The van der Waals surface area contributed by atoms with Crippen LogP contribution in [0.1, 0.15) is 48.6 Å². The van der Waals surface area contributed by atoms with Gasteiger partial charge in [-0.3, -0.25) is 0 Å². The van der Waals surface area contributed by atoms with Crippen molar-refractivity contribution in [2.75, 3.05) is 6.61 Å². The van der Waals surface area contributed by atoms with Crippen LogP contribution in [-0.2, 0) is 4.74 Å². The summed E-state index contributed by atoms with van der Waals surface area (Å²) >= 11 is 0. The summed E-state index contributed by atoms with van der Waals surface area (Å²) in [5.41, 5.74) is 0.297. The number of hydrogen-bond donors (Lipinski definition) is 2. The highest BCUT2D eigenvalue weighted by molar-refractivity contribution is 5.85. The summed E-state index contributed by atoms with van der Waals surface area (Å²) in [6.45, 7) is 0.725. The number of aromatic nitrogens is 2. The molecule has 0 unspecified atom stereocenters. The zero-order valence-corrected chi connectivity index (χ0v) is 12.0. The second-order valence-electron chi connectivity index (χ2n) is 5.44. The summed E-state index contributed by atoms with van der Waals surface area (Å²) in [6.07, 6.45) is 8.98. The van der Waals surface area contributed by atoms with E-state index < -0.39 is 11.1 Å². The third-order valence-corrected chi connectivity index (χ3v) is 4.24. The number of nitrogens with zero attached hydrogens (tertiary/aromatic N) is 3. The number of aromatic carboxylic acids is 1. The number of carbonyl (C=O) groups is 1. The summed E-state index contributed by atoms with van der Waals surface area (Å²) in [5, 5.41) is 22.8. The van der Waals surface area contributed by atoms with Crippen LogP contribution in [0.5, 0.6) is 0 Å². The first-order valence-electron chi connectivity index (χ1n) is 7.20. The molecule has 1 aromatic rings. The van der Waals surface area contributed by atoms with E-state index in [0.717, 1.165) is 25.9 Å². The monoisotopic (exact) mass is 313 g/mol. The molecule has 2 N–H and O–H groups in total. The van der Waals surface area contributed by atoms with E-state index in [-0.39, 0.29) is 6.04 Å². The van der Waals surface area contributed by atoms with Crippen LogP contribution in [0.3, 0.4) is 0 Å². The molecule has 0 radical (unpaired) electrons. The Labute approximate surface area is 126 Å². The summed E-state index contributed by atoms with van der Waals surface area (Å²) in [5.74, 6) is -0.453. The van der Waals surface area contributed by atoms with E-state index in [1.807, 2.05) is 4.57 Å². The first-order chi connectivity index (χ1) is 10.5. The standard InChI is InChI=1S/C13H18N2O3.HNO3/c16-13(17)11-7-14-8-15(11)10-5-6-18-12-4-2-1-3-9(10)12;2-1(3)4/h7-10,12H,1-6H2,(H,16,17);(H,2,3,4)/t9-,10+,12+;/m0./s1. The third-order valence-electron chi connectivity index (χ3n) is 4.24. The number of carboxylic acid groups (broad SMARTS) is 1. The van der Waals surface area contributed by atoms with Crippen LogP contribution in [0.15, 0.2) is 12.5 Å². The van der Waals surface area contributed by atoms with Crippen molar-refractivity contribution in [3.05, 3.63) is 28.3 Å². The molecular formula is C13H19N3O6. The maximum Gasteiger partial charge on any atom is 0.354 e. The topological polar surface area (TPSA) is 128 Å². The SMILES string of the molecule is O=C(O)c1cncn1[C@@H]1CCO[C@@H]2CCCC[C@@H]12.O=[N+]([O-])O. The van der Waals surface area contributed by atoms with Gasteiger partial charge >= 0.3 is 5.97 Å². The summed E-state index contributed by atoms with van der Waals surface area (Å²) < 4.78 is 7.67. The molecule has 1 aliphatic heterocycles. The average molecular weight is 313 g/mol. The minimum Gasteiger partial charge on any atom is -0.477 e. The van der Waals surface area contributed by atoms with Gasteiger partial charge in [-0.1, -0.05) is 12.8 Å². The normalized spacial score (nSPS) is 27.2. The van der Waals surface area contributed by atoms with Gasteiger partial charge in [-0.05, 0) is 19.3 Å². The van der Waals surface area contributed by atoms with E-state index >= 15 is 0 Å². The largest absolute Gasteiger partial charge is 0.477 e. The quantitative estimate of drug-likeness (QED) is 0.628. The molecule has 0 spiro atoms. The molecule has 2 heterocycles. The van der Waals surface area contributed by atoms with Crippen LogP contribution in [0.2, 0.25) is 0 Å². The Kier molecular flexibility index (Phi) is 5.31. The second kappa shape index (κ2) is 7.21. The second-order valence-corrected chi connectivity index (χ2v) is 5.44. The van der Waals surface area contributed by atoms with Crippen LogP contribution in [-0.4, -0.2) is 43.6 Å². The Morgan fingerprint density at radius 1 is 1.41 bits per heavy atom. The lowest BCUT2D eigenvalue weighted by Gasteiger charge is -2.41. The van der Waals surface area contributed by atoms with Gasteiger partial charge in [0.15, 0.2) is 0 Å². The highest BCUT2D eigenvalue weighted by Crippen LogP contribution is 2.40. The van der Waals surface area contributed by atoms with Gasteiger partial charge in [-0.15, -0.1) is 10.1 Å². The first kappa shape index (κ1) is 16.2. The van der Waals surface area contributed by atoms with Gasteiger partial charge in [0.2, 0.25) is 0 Å². The minimum atomic E-state index is -1.50. The molecular weight excluding hydrogens is 294 g/mol. The molecule has 2 fully saturated rings. The molecule has 9 heteroatoms. The van der Waals surface area contributed by atoms with Gasteiger partial charge < -0.3 is 19.6 Å². The number of hydrogen-bond acceptors (Lipinski definition) is 5. The fourth-order valence-electron chi connectivity index (χ4n) is 3.41. The van der Waals surface area contributed by atoms with Crippen molar-refractivity contribution in [3.63, 3.8) is 0 Å². The van der Waals surface area contributed by atoms with E-state index in [4.69, 9.17) is 20.1 Å². The maximum absolute atomic E-state index is 11.2. The average Bonchev–Trinajstić information content (AvgIpc) is 2.95. The number of rotatable bonds is 2. The van der Waals surface area contributed by atoms with Crippen molar-refractivity contribution in [3.8, 4) is 0 Å². The molecule has 1 aliphatic carbocycles. The molecule has 1 saturated heterocycles. The van der Waals surface area contributed by atoms with Gasteiger partial charge in [0, 0.05) is 18.6 Å². The number of fused-ring (bicyclic) bond motifs is 1. The van der Waals surface area contributed by atoms with Gasteiger partial charge in [0.1, 0.15) is 5.69 Å². The highest BCUT2D eigenvalue weighted by Gasteiger charge is 2.37. The van der Waals surface area contributed by atoms with E-state index in [1.165, 1.54) is 19.0 Å². The summed E-state index contributed by atoms with van der Waals surface area (Å²) in [7, 11) is 0. The van der Waals surface area contributed by atoms with Crippen LogP contribution < -0.4 is 0 Å². The van der Waals surface area contributed by atoms with Crippen LogP contribution in [0.4, 0.5) is 0 Å². The van der Waals surface area contributed by atoms with E-state index in [0.29, 0.717) is 17.7 Å². The Hall–Kier alpha value is -2.16. The number of imidazole rings is 1.